The maximum atomic E-state index is 8.82. The molecule has 3 N–H and O–H groups in total. The second-order valence-corrected chi connectivity index (χ2v) is 2.31. The van der Waals surface area contributed by atoms with Gasteiger partial charge in [0, 0.05) is 0 Å². The smallest absolute Gasteiger partial charge is 0.211 e. The Kier molecular flexibility index (Phi) is 2.52. The van der Waals surface area contributed by atoms with E-state index in [4.69, 9.17) is 5.11 Å². The Labute approximate surface area is 62.9 Å². The lowest BCUT2D eigenvalue weighted by Gasteiger charge is -2.12. The lowest BCUT2D eigenvalue weighted by atomic mass is 10.6. The minimum Gasteiger partial charge on any atom is -0.374 e. The van der Waals surface area contributed by atoms with Gasteiger partial charge in [0.25, 0.3) is 0 Å². The highest BCUT2D eigenvalue weighted by molar-refractivity contribution is 7.96. The minimum absolute atomic E-state index is 0.523. The SMILES string of the molecule is CC(O)NC1=NC=NSN1. The van der Waals surface area contributed by atoms with Crippen LogP contribution >= 0.6 is 12.1 Å². The number of aliphatic hydroxyl groups is 1. The average Bonchev–Trinajstić information content (AvgIpc) is 1.88. The molecule has 0 spiro atoms. The highest BCUT2D eigenvalue weighted by Crippen LogP contribution is 1.96. The maximum Gasteiger partial charge on any atom is 0.211 e. The molecule has 0 fully saturated rings. The number of nitrogens with one attached hydrogen (secondary N) is 2. The van der Waals surface area contributed by atoms with Crippen LogP contribution < -0.4 is 10.0 Å². The van der Waals surface area contributed by atoms with Gasteiger partial charge in [-0.05, 0) is 6.92 Å². The molecule has 10 heavy (non-hydrogen) atoms. The maximum absolute atomic E-state index is 8.82. The van der Waals surface area contributed by atoms with Crippen LogP contribution in [0.5, 0.6) is 0 Å². The third kappa shape index (κ3) is 2.24. The van der Waals surface area contributed by atoms with Crippen molar-refractivity contribution >= 4 is 24.4 Å². The van der Waals surface area contributed by atoms with Gasteiger partial charge in [-0.2, -0.15) is 4.40 Å². The lowest BCUT2D eigenvalue weighted by molar-refractivity contribution is 0.179. The Hall–Kier alpha value is -0.750. The number of aliphatic imine (C=N–C) groups is 1. The molecule has 1 heterocycles. The molecular formula is C4H8N4OS. The van der Waals surface area contributed by atoms with E-state index < -0.39 is 6.23 Å². The molecule has 56 valence electrons. The standard InChI is InChI=1S/C4H8N4OS/c1-3(9)7-4-5-2-6-10-8-4/h2-3,9H,1H3,(H2,5,6,7,8). The molecule has 5 nitrogen and oxygen atoms in total. The molecule has 1 aliphatic rings. The van der Waals surface area contributed by atoms with Crippen LogP contribution in [0.25, 0.3) is 0 Å². The van der Waals surface area contributed by atoms with Gasteiger partial charge >= 0.3 is 0 Å². The molecule has 0 saturated heterocycles. The molecule has 1 aliphatic heterocycles. The van der Waals surface area contributed by atoms with Crippen LogP contribution in [0.1, 0.15) is 6.92 Å². The van der Waals surface area contributed by atoms with E-state index in [-0.39, 0.29) is 0 Å². The van der Waals surface area contributed by atoms with Gasteiger partial charge in [0.1, 0.15) is 12.6 Å². The van der Waals surface area contributed by atoms with Gasteiger partial charge in [-0.15, -0.1) is 0 Å². The Bertz CT molecular complexity index is 167. The fourth-order valence-corrected chi connectivity index (χ4v) is 0.810. The third-order valence-corrected chi connectivity index (χ3v) is 1.26. The second kappa shape index (κ2) is 3.43. The summed E-state index contributed by atoms with van der Waals surface area (Å²) in [6, 6.07) is 0. The molecule has 1 atom stereocenters. The van der Waals surface area contributed by atoms with Crippen molar-refractivity contribution in [2.75, 3.05) is 0 Å². The first-order valence-electron chi connectivity index (χ1n) is 2.75. The van der Waals surface area contributed by atoms with Gasteiger partial charge in [0.2, 0.25) is 5.96 Å². The van der Waals surface area contributed by atoms with E-state index in [0.29, 0.717) is 5.96 Å². The summed E-state index contributed by atoms with van der Waals surface area (Å²) in [6.07, 6.45) is 0.810. The van der Waals surface area contributed by atoms with Crippen LogP contribution in [0.2, 0.25) is 0 Å². The third-order valence-electron chi connectivity index (χ3n) is 0.775. The fraction of sp³-hybridized carbons (Fsp3) is 0.500. The first kappa shape index (κ1) is 7.36. The monoisotopic (exact) mass is 160 g/mol. The first-order valence-corrected chi connectivity index (χ1v) is 3.52. The second-order valence-electron chi connectivity index (χ2n) is 1.71. The van der Waals surface area contributed by atoms with E-state index in [1.807, 2.05) is 0 Å². The Morgan fingerprint density at radius 2 is 2.70 bits per heavy atom. The minimum atomic E-state index is -0.599. The van der Waals surface area contributed by atoms with Crippen LogP contribution in [-0.2, 0) is 0 Å². The van der Waals surface area contributed by atoms with Gasteiger partial charge in [-0.25, -0.2) is 4.99 Å². The van der Waals surface area contributed by atoms with Crippen LogP contribution in [0.4, 0.5) is 0 Å². The molecular weight excluding hydrogens is 152 g/mol. The summed E-state index contributed by atoms with van der Waals surface area (Å²) in [6.45, 7) is 1.61. The van der Waals surface area contributed by atoms with Crippen molar-refractivity contribution in [2.24, 2.45) is 9.39 Å². The number of hydrogen-bond acceptors (Lipinski definition) is 6. The van der Waals surface area contributed by atoms with E-state index in [0.717, 1.165) is 12.1 Å². The topological polar surface area (TPSA) is 69.0 Å². The predicted octanol–water partition coefficient (Wildman–Crippen LogP) is -0.535. The highest BCUT2D eigenvalue weighted by Gasteiger charge is 2.02. The quantitative estimate of drug-likeness (QED) is 0.356. The number of rotatable bonds is 1. The zero-order valence-corrected chi connectivity index (χ0v) is 6.22. The molecule has 0 bridgehead atoms. The molecule has 0 aliphatic carbocycles. The van der Waals surface area contributed by atoms with Crippen molar-refractivity contribution in [2.45, 2.75) is 13.2 Å². The Morgan fingerprint density at radius 3 is 3.20 bits per heavy atom. The van der Waals surface area contributed by atoms with E-state index >= 15 is 0 Å². The summed E-state index contributed by atoms with van der Waals surface area (Å²) in [5.74, 6) is 0.523. The van der Waals surface area contributed by atoms with E-state index in [1.165, 1.54) is 6.34 Å². The first-order chi connectivity index (χ1) is 4.79. The Balaban J connectivity index is 2.39. The molecule has 0 amide bonds. The summed E-state index contributed by atoms with van der Waals surface area (Å²) in [4.78, 5) is 3.79. The van der Waals surface area contributed by atoms with E-state index in [2.05, 4.69) is 19.4 Å². The zero-order chi connectivity index (χ0) is 7.40. The van der Waals surface area contributed by atoms with Crippen molar-refractivity contribution in [3.63, 3.8) is 0 Å². The molecule has 0 aromatic carbocycles. The van der Waals surface area contributed by atoms with Gasteiger partial charge < -0.3 is 10.4 Å². The van der Waals surface area contributed by atoms with Crippen LogP contribution in [0.3, 0.4) is 0 Å². The number of guanidine groups is 1. The summed E-state index contributed by atoms with van der Waals surface area (Å²) in [7, 11) is 0. The summed E-state index contributed by atoms with van der Waals surface area (Å²) < 4.78 is 6.45. The van der Waals surface area contributed by atoms with Gasteiger partial charge in [-0.1, -0.05) is 0 Å². The molecule has 6 heteroatoms. The zero-order valence-electron chi connectivity index (χ0n) is 5.40. The highest BCUT2D eigenvalue weighted by atomic mass is 32.2. The van der Waals surface area contributed by atoms with Crippen molar-refractivity contribution in [3.8, 4) is 0 Å². The van der Waals surface area contributed by atoms with Gasteiger partial charge in [0.05, 0.1) is 12.1 Å². The summed E-state index contributed by atoms with van der Waals surface area (Å²) in [5.41, 5.74) is 0. The van der Waals surface area contributed by atoms with Crippen molar-refractivity contribution in [1.29, 1.82) is 0 Å². The van der Waals surface area contributed by atoms with Crippen molar-refractivity contribution in [1.82, 2.24) is 10.0 Å². The van der Waals surface area contributed by atoms with Crippen LogP contribution in [0, 0.1) is 0 Å². The van der Waals surface area contributed by atoms with Crippen LogP contribution in [0.15, 0.2) is 9.39 Å². The average molecular weight is 160 g/mol. The van der Waals surface area contributed by atoms with E-state index in [9.17, 15) is 0 Å². The molecule has 0 aromatic rings. The molecule has 0 aromatic heterocycles. The van der Waals surface area contributed by atoms with E-state index in [1.54, 1.807) is 6.92 Å². The lowest BCUT2D eigenvalue weighted by Crippen LogP contribution is -2.39. The van der Waals surface area contributed by atoms with Gasteiger partial charge in [-0.3, -0.25) is 4.72 Å². The fourth-order valence-electron chi connectivity index (χ4n) is 0.465. The summed E-state index contributed by atoms with van der Waals surface area (Å²) >= 11 is 1.16. The number of hydrogen-bond donors (Lipinski definition) is 3. The largest absolute Gasteiger partial charge is 0.374 e. The molecule has 1 unspecified atom stereocenters. The normalized spacial score (nSPS) is 19.2. The number of aliphatic hydroxyl groups excluding tert-OH is 1. The Morgan fingerprint density at radius 1 is 1.90 bits per heavy atom. The number of nitrogens with zero attached hydrogens (tertiary/aromatic N) is 2. The molecule has 0 radical (unpaired) electrons. The molecule has 0 saturated carbocycles. The van der Waals surface area contributed by atoms with Gasteiger partial charge in [0.15, 0.2) is 0 Å². The predicted molar refractivity (Wildman–Crippen MR) is 41.5 cm³/mol. The summed E-state index contributed by atoms with van der Waals surface area (Å²) in [5, 5.41) is 11.5. The van der Waals surface area contributed by atoms with Crippen LogP contribution in [-0.4, -0.2) is 23.6 Å². The van der Waals surface area contributed by atoms with Crippen molar-refractivity contribution in [3.05, 3.63) is 0 Å². The molecule has 1 rings (SSSR count). The van der Waals surface area contributed by atoms with Crippen molar-refractivity contribution < 1.29 is 5.11 Å².